The van der Waals surface area contributed by atoms with Crippen LogP contribution in [-0.4, -0.2) is 18.7 Å². The highest BCUT2D eigenvalue weighted by Crippen LogP contribution is 2.30. The summed E-state index contributed by atoms with van der Waals surface area (Å²) < 4.78 is 0. The van der Waals surface area contributed by atoms with Gasteiger partial charge in [-0.05, 0) is 30.5 Å². The van der Waals surface area contributed by atoms with Gasteiger partial charge in [0.25, 0.3) is 0 Å². The van der Waals surface area contributed by atoms with Gasteiger partial charge in [-0.25, -0.2) is 0 Å². The van der Waals surface area contributed by atoms with Crippen molar-refractivity contribution in [2.24, 2.45) is 5.73 Å². The van der Waals surface area contributed by atoms with Crippen molar-refractivity contribution in [1.29, 1.82) is 0 Å². The van der Waals surface area contributed by atoms with Crippen LogP contribution in [0.15, 0.2) is 18.2 Å². The highest BCUT2D eigenvalue weighted by atomic mass is 16.2. The molecule has 1 amide bonds. The minimum absolute atomic E-state index is 0.111. The van der Waals surface area contributed by atoms with Gasteiger partial charge in [0.05, 0.1) is 6.42 Å². The van der Waals surface area contributed by atoms with Crippen molar-refractivity contribution in [3.05, 3.63) is 29.3 Å². The molecule has 0 bridgehead atoms. The summed E-state index contributed by atoms with van der Waals surface area (Å²) in [5.74, 6) is 0.265. The lowest BCUT2D eigenvalue weighted by molar-refractivity contribution is -0.117. The molecule has 1 aliphatic rings. The average Bonchev–Trinajstić information content (AvgIpc) is 2.61. The third-order valence-electron chi connectivity index (χ3n) is 3.42. The van der Waals surface area contributed by atoms with Crippen molar-refractivity contribution < 1.29 is 9.59 Å². The zero-order valence-corrected chi connectivity index (χ0v) is 10.8. The zero-order chi connectivity index (χ0) is 13.3. The van der Waals surface area contributed by atoms with Gasteiger partial charge >= 0.3 is 0 Å². The third kappa shape index (κ3) is 2.43. The number of nitrogens with two attached hydrogens (primary N) is 1. The van der Waals surface area contributed by atoms with E-state index >= 15 is 0 Å². The second-order valence-electron chi connectivity index (χ2n) is 4.86. The summed E-state index contributed by atoms with van der Waals surface area (Å²) in [6.07, 6.45) is 1.59. The molecule has 1 unspecified atom stereocenters. The SMILES string of the molecule is CC(=O)CCC(N)c1ccc2c(c1)CC(=O)N2C. The number of likely N-dealkylation sites (N-methyl/N-ethyl adjacent to an activating group) is 1. The number of carbonyl (C=O) groups is 2. The van der Waals surface area contributed by atoms with Crippen LogP contribution in [0.3, 0.4) is 0 Å². The maximum atomic E-state index is 11.6. The Hall–Kier alpha value is -1.68. The number of ketones is 1. The molecule has 96 valence electrons. The quantitative estimate of drug-likeness (QED) is 0.877. The number of Topliss-reactive ketones (excluding diaryl/α,β-unsaturated/α-hetero) is 1. The Morgan fingerprint density at radius 2 is 2.22 bits per heavy atom. The minimum atomic E-state index is -0.139. The van der Waals surface area contributed by atoms with Gasteiger partial charge in [-0.15, -0.1) is 0 Å². The van der Waals surface area contributed by atoms with Crippen LogP contribution in [0.25, 0.3) is 0 Å². The fourth-order valence-corrected chi connectivity index (χ4v) is 2.25. The summed E-state index contributed by atoms with van der Waals surface area (Å²) in [5, 5.41) is 0. The number of fused-ring (bicyclic) bond motifs is 1. The van der Waals surface area contributed by atoms with E-state index in [1.54, 1.807) is 18.9 Å². The molecule has 0 aromatic heterocycles. The maximum Gasteiger partial charge on any atom is 0.231 e. The highest BCUT2D eigenvalue weighted by molar-refractivity contribution is 6.00. The first-order valence-electron chi connectivity index (χ1n) is 6.13. The third-order valence-corrected chi connectivity index (χ3v) is 3.42. The largest absolute Gasteiger partial charge is 0.324 e. The number of benzene rings is 1. The van der Waals surface area contributed by atoms with E-state index in [1.165, 1.54) is 0 Å². The molecule has 0 radical (unpaired) electrons. The van der Waals surface area contributed by atoms with Gasteiger partial charge in [0.15, 0.2) is 0 Å². The van der Waals surface area contributed by atoms with Gasteiger partial charge in [-0.3, -0.25) is 4.79 Å². The zero-order valence-electron chi connectivity index (χ0n) is 10.8. The van der Waals surface area contributed by atoms with E-state index in [-0.39, 0.29) is 17.7 Å². The van der Waals surface area contributed by atoms with Crippen molar-refractivity contribution >= 4 is 17.4 Å². The van der Waals surface area contributed by atoms with Crippen molar-refractivity contribution in [3.8, 4) is 0 Å². The van der Waals surface area contributed by atoms with E-state index in [2.05, 4.69) is 0 Å². The van der Waals surface area contributed by atoms with E-state index in [4.69, 9.17) is 5.73 Å². The summed E-state index contributed by atoms with van der Waals surface area (Å²) in [6.45, 7) is 1.57. The van der Waals surface area contributed by atoms with E-state index < -0.39 is 0 Å². The first-order chi connectivity index (χ1) is 8.49. The fraction of sp³-hybridized carbons (Fsp3) is 0.429. The molecule has 1 aliphatic heterocycles. The molecule has 0 saturated heterocycles. The van der Waals surface area contributed by atoms with E-state index in [0.717, 1.165) is 16.8 Å². The summed E-state index contributed by atoms with van der Waals surface area (Å²) in [5.41, 5.74) is 9.04. The molecule has 4 nitrogen and oxygen atoms in total. The number of hydrogen-bond acceptors (Lipinski definition) is 3. The van der Waals surface area contributed by atoms with Crippen molar-refractivity contribution in [1.82, 2.24) is 0 Å². The Kier molecular flexibility index (Phi) is 3.48. The van der Waals surface area contributed by atoms with Crippen LogP contribution in [0.1, 0.15) is 36.9 Å². The average molecular weight is 246 g/mol. The Bertz CT molecular complexity index is 497. The van der Waals surface area contributed by atoms with Gasteiger partial charge in [-0.1, -0.05) is 12.1 Å². The number of anilines is 1. The Labute approximate surface area is 107 Å². The highest BCUT2D eigenvalue weighted by Gasteiger charge is 2.24. The lowest BCUT2D eigenvalue weighted by Gasteiger charge is -2.14. The summed E-state index contributed by atoms with van der Waals surface area (Å²) in [6, 6.07) is 5.73. The van der Waals surface area contributed by atoms with E-state index in [1.807, 2.05) is 18.2 Å². The number of carbonyl (C=O) groups excluding carboxylic acids is 2. The molecule has 1 aromatic rings. The predicted molar refractivity (Wildman–Crippen MR) is 70.4 cm³/mol. The minimum Gasteiger partial charge on any atom is -0.324 e. The monoisotopic (exact) mass is 246 g/mol. The molecule has 0 spiro atoms. The fourth-order valence-electron chi connectivity index (χ4n) is 2.25. The molecule has 4 heteroatoms. The molecule has 1 atom stereocenters. The number of rotatable bonds is 4. The maximum absolute atomic E-state index is 11.6. The Morgan fingerprint density at radius 1 is 1.50 bits per heavy atom. The van der Waals surface area contributed by atoms with Crippen molar-refractivity contribution in [2.45, 2.75) is 32.2 Å². The Morgan fingerprint density at radius 3 is 2.89 bits per heavy atom. The van der Waals surface area contributed by atoms with Crippen LogP contribution in [0.4, 0.5) is 5.69 Å². The van der Waals surface area contributed by atoms with Crippen LogP contribution >= 0.6 is 0 Å². The number of amides is 1. The van der Waals surface area contributed by atoms with Crippen LogP contribution in [0.5, 0.6) is 0 Å². The molecule has 2 rings (SSSR count). The second-order valence-corrected chi connectivity index (χ2v) is 4.86. The molecule has 1 heterocycles. The summed E-state index contributed by atoms with van der Waals surface area (Å²) in [7, 11) is 1.78. The Balaban J connectivity index is 2.15. The van der Waals surface area contributed by atoms with E-state index in [0.29, 0.717) is 19.3 Å². The standard InChI is InChI=1S/C14H18N2O2/c1-9(17)3-5-12(15)10-4-6-13-11(7-10)8-14(18)16(13)2/h4,6-7,12H,3,5,8,15H2,1-2H3. The topological polar surface area (TPSA) is 63.4 Å². The molecule has 1 aromatic carbocycles. The number of nitrogens with zero attached hydrogens (tertiary/aromatic N) is 1. The second kappa shape index (κ2) is 4.90. The van der Waals surface area contributed by atoms with Gasteiger partial charge in [-0.2, -0.15) is 0 Å². The molecule has 0 fully saturated rings. The lowest BCUT2D eigenvalue weighted by Crippen LogP contribution is -2.20. The number of hydrogen-bond donors (Lipinski definition) is 1. The van der Waals surface area contributed by atoms with Crippen LogP contribution in [0.2, 0.25) is 0 Å². The first-order valence-corrected chi connectivity index (χ1v) is 6.13. The molecular formula is C14H18N2O2. The normalized spacial score (nSPS) is 15.7. The van der Waals surface area contributed by atoms with Crippen LogP contribution < -0.4 is 10.6 Å². The molecular weight excluding hydrogens is 228 g/mol. The van der Waals surface area contributed by atoms with Gasteiger partial charge < -0.3 is 15.4 Å². The molecule has 2 N–H and O–H groups in total. The summed E-state index contributed by atoms with van der Waals surface area (Å²) in [4.78, 5) is 24.2. The molecule has 0 aliphatic carbocycles. The molecule has 18 heavy (non-hydrogen) atoms. The smallest absolute Gasteiger partial charge is 0.231 e. The van der Waals surface area contributed by atoms with Gasteiger partial charge in [0.2, 0.25) is 5.91 Å². The van der Waals surface area contributed by atoms with Crippen LogP contribution in [0, 0.1) is 0 Å². The van der Waals surface area contributed by atoms with Gasteiger partial charge in [0.1, 0.15) is 5.78 Å². The van der Waals surface area contributed by atoms with Crippen LogP contribution in [-0.2, 0) is 16.0 Å². The lowest BCUT2D eigenvalue weighted by atomic mass is 9.99. The van der Waals surface area contributed by atoms with Crippen molar-refractivity contribution in [2.75, 3.05) is 11.9 Å². The van der Waals surface area contributed by atoms with Gasteiger partial charge in [0, 0.05) is 25.2 Å². The predicted octanol–water partition coefficient (Wildman–Crippen LogP) is 1.57. The van der Waals surface area contributed by atoms with Crippen molar-refractivity contribution in [3.63, 3.8) is 0 Å². The molecule has 0 saturated carbocycles. The first kappa shape index (κ1) is 12.8. The summed E-state index contributed by atoms with van der Waals surface area (Å²) >= 11 is 0. The van der Waals surface area contributed by atoms with E-state index in [9.17, 15) is 9.59 Å².